The first-order valence-electron chi connectivity index (χ1n) is 5.36. The summed E-state index contributed by atoms with van der Waals surface area (Å²) in [7, 11) is 0. The van der Waals surface area contributed by atoms with Gasteiger partial charge in [-0.1, -0.05) is 11.6 Å². The summed E-state index contributed by atoms with van der Waals surface area (Å²) < 4.78 is 2.17. The van der Waals surface area contributed by atoms with E-state index in [0.717, 1.165) is 10.9 Å². The first-order chi connectivity index (χ1) is 7.79. The molecule has 0 radical (unpaired) electrons. The van der Waals surface area contributed by atoms with Crippen LogP contribution in [-0.4, -0.2) is 9.55 Å². The molecule has 2 heterocycles. The van der Waals surface area contributed by atoms with Gasteiger partial charge in [0.15, 0.2) is 0 Å². The maximum absolute atomic E-state index is 9.09. The zero-order chi connectivity index (χ0) is 11.1. The lowest BCUT2D eigenvalue weighted by molar-refractivity contribution is 0.321. The van der Waals surface area contributed by atoms with Crippen molar-refractivity contribution in [2.75, 3.05) is 0 Å². The van der Waals surface area contributed by atoms with Crippen LogP contribution >= 0.6 is 11.6 Å². The highest BCUT2D eigenvalue weighted by atomic mass is 35.5. The summed E-state index contributed by atoms with van der Waals surface area (Å²) in [5.41, 5.74) is 1.71. The lowest BCUT2D eigenvalue weighted by Crippen LogP contribution is -2.15. The minimum Gasteiger partial charge on any atom is -0.342 e. The Morgan fingerprint density at radius 1 is 1.50 bits per heavy atom. The predicted molar refractivity (Wildman–Crippen MR) is 62.3 cm³/mol. The molecule has 0 spiro atoms. The Bertz CT molecular complexity index is 590. The van der Waals surface area contributed by atoms with E-state index in [0.29, 0.717) is 16.8 Å². The van der Waals surface area contributed by atoms with E-state index >= 15 is 0 Å². The molecule has 0 N–H and O–H groups in total. The Balaban J connectivity index is 2.26. The molecule has 1 aliphatic rings. The second-order valence-corrected chi connectivity index (χ2v) is 4.56. The van der Waals surface area contributed by atoms with E-state index in [1.165, 1.54) is 19.3 Å². The fourth-order valence-electron chi connectivity index (χ4n) is 2.18. The van der Waals surface area contributed by atoms with Crippen LogP contribution in [0.3, 0.4) is 0 Å². The molecule has 0 atom stereocenters. The van der Waals surface area contributed by atoms with E-state index < -0.39 is 0 Å². The summed E-state index contributed by atoms with van der Waals surface area (Å²) in [6, 6.07) is 4.52. The normalized spacial score (nSPS) is 16.0. The van der Waals surface area contributed by atoms with Crippen LogP contribution in [0.2, 0.25) is 5.15 Å². The lowest BCUT2D eigenvalue weighted by Gasteiger charge is -2.27. The van der Waals surface area contributed by atoms with Crippen LogP contribution in [0.25, 0.3) is 10.9 Å². The van der Waals surface area contributed by atoms with Crippen LogP contribution in [0, 0.1) is 11.3 Å². The fourth-order valence-corrected chi connectivity index (χ4v) is 2.34. The van der Waals surface area contributed by atoms with Gasteiger partial charge in [0.25, 0.3) is 0 Å². The van der Waals surface area contributed by atoms with Crippen molar-refractivity contribution in [3.8, 4) is 6.07 Å². The van der Waals surface area contributed by atoms with Crippen LogP contribution in [-0.2, 0) is 0 Å². The van der Waals surface area contributed by atoms with Crippen LogP contribution in [0.1, 0.15) is 30.9 Å². The van der Waals surface area contributed by atoms with Crippen molar-refractivity contribution >= 4 is 22.5 Å². The van der Waals surface area contributed by atoms with Gasteiger partial charge in [-0.25, -0.2) is 4.98 Å². The van der Waals surface area contributed by atoms with Gasteiger partial charge in [-0.3, -0.25) is 0 Å². The zero-order valence-electron chi connectivity index (χ0n) is 8.65. The van der Waals surface area contributed by atoms with Crippen LogP contribution < -0.4 is 0 Å². The molecule has 2 aromatic rings. The molecule has 1 aliphatic carbocycles. The molecule has 4 heteroatoms. The summed E-state index contributed by atoms with van der Waals surface area (Å²) in [5.74, 6) is 0. The van der Waals surface area contributed by atoms with Gasteiger partial charge >= 0.3 is 0 Å². The molecule has 0 saturated heterocycles. The van der Waals surface area contributed by atoms with Gasteiger partial charge in [0.1, 0.15) is 11.2 Å². The standard InChI is InChI=1S/C12H10ClN3/c13-12-4-10-8(5-14)7-16(9-2-1-3-9)11(10)6-15-12/h4,6-7,9H,1-3H2. The molecular weight excluding hydrogens is 222 g/mol. The third-order valence-electron chi connectivity index (χ3n) is 3.27. The van der Waals surface area contributed by atoms with Crippen LogP contribution in [0.15, 0.2) is 18.5 Å². The van der Waals surface area contributed by atoms with Gasteiger partial charge < -0.3 is 4.57 Å². The number of nitriles is 1. The van der Waals surface area contributed by atoms with E-state index in [-0.39, 0.29) is 0 Å². The van der Waals surface area contributed by atoms with Crippen molar-refractivity contribution in [1.29, 1.82) is 5.26 Å². The largest absolute Gasteiger partial charge is 0.342 e. The van der Waals surface area contributed by atoms with Crippen molar-refractivity contribution in [3.05, 3.63) is 29.2 Å². The SMILES string of the molecule is N#Cc1cn(C2CCC2)c2cnc(Cl)cc12. The highest BCUT2D eigenvalue weighted by Crippen LogP contribution is 2.36. The Kier molecular flexibility index (Phi) is 2.12. The molecule has 3 rings (SSSR count). The number of halogens is 1. The fraction of sp³-hybridized carbons (Fsp3) is 0.333. The quantitative estimate of drug-likeness (QED) is 0.707. The molecule has 3 nitrogen and oxygen atoms in total. The lowest BCUT2D eigenvalue weighted by atomic mass is 9.93. The number of hydrogen-bond donors (Lipinski definition) is 0. The third-order valence-corrected chi connectivity index (χ3v) is 3.48. The molecule has 0 bridgehead atoms. The van der Waals surface area contributed by atoms with Crippen molar-refractivity contribution in [1.82, 2.24) is 9.55 Å². The average molecular weight is 232 g/mol. The molecule has 80 valence electrons. The number of fused-ring (bicyclic) bond motifs is 1. The number of hydrogen-bond acceptors (Lipinski definition) is 2. The van der Waals surface area contributed by atoms with Crippen LogP contribution in [0.4, 0.5) is 0 Å². The molecule has 0 aromatic carbocycles. The van der Waals surface area contributed by atoms with Crippen molar-refractivity contribution in [2.45, 2.75) is 25.3 Å². The minimum atomic E-state index is 0.440. The summed E-state index contributed by atoms with van der Waals surface area (Å²) in [6.45, 7) is 0. The third kappa shape index (κ3) is 1.30. The maximum Gasteiger partial charge on any atom is 0.129 e. The Hall–Kier alpha value is -1.53. The van der Waals surface area contributed by atoms with E-state index in [4.69, 9.17) is 16.9 Å². The Labute approximate surface area is 98.3 Å². The first-order valence-corrected chi connectivity index (χ1v) is 5.73. The number of rotatable bonds is 1. The maximum atomic E-state index is 9.09. The highest BCUT2D eigenvalue weighted by Gasteiger charge is 2.22. The van der Waals surface area contributed by atoms with Gasteiger partial charge in [-0.15, -0.1) is 0 Å². The second kappa shape index (κ2) is 3.50. The van der Waals surface area contributed by atoms with E-state index in [1.54, 1.807) is 12.3 Å². The highest BCUT2D eigenvalue weighted by molar-refractivity contribution is 6.30. The number of pyridine rings is 1. The monoisotopic (exact) mass is 231 g/mol. The number of aromatic nitrogens is 2. The molecule has 0 amide bonds. The zero-order valence-corrected chi connectivity index (χ0v) is 9.41. The minimum absolute atomic E-state index is 0.440. The number of nitrogens with zero attached hydrogens (tertiary/aromatic N) is 3. The van der Waals surface area contributed by atoms with Gasteiger partial charge in [0, 0.05) is 17.6 Å². The molecule has 1 saturated carbocycles. The smallest absolute Gasteiger partial charge is 0.129 e. The van der Waals surface area contributed by atoms with E-state index in [1.807, 2.05) is 6.20 Å². The van der Waals surface area contributed by atoms with Crippen molar-refractivity contribution in [3.63, 3.8) is 0 Å². The average Bonchev–Trinajstić information content (AvgIpc) is 2.54. The molecule has 2 aromatic heterocycles. The topological polar surface area (TPSA) is 41.6 Å². The molecule has 1 fully saturated rings. The first kappa shape index (κ1) is 9.68. The summed E-state index contributed by atoms with van der Waals surface area (Å²) >= 11 is 5.85. The molecular formula is C12H10ClN3. The Morgan fingerprint density at radius 3 is 2.94 bits per heavy atom. The van der Waals surface area contributed by atoms with E-state index in [9.17, 15) is 0 Å². The van der Waals surface area contributed by atoms with Gasteiger partial charge in [-0.2, -0.15) is 5.26 Å². The Morgan fingerprint density at radius 2 is 2.31 bits per heavy atom. The summed E-state index contributed by atoms with van der Waals surface area (Å²) in [4.78, 5) is 4.09. The van der Waals surface area contributed by atoms with Gasteiger partial charge in [-0.05, 0) is 25.3 Å². The van der Waals surface area contributed by atoms with Crippen molar-refractivity contribution in [2.24, 2.45) is 0 Å². The summed E-state index contributed by atoms with van der Waals surface area (Å²) in [6.07, 6.45) is 7.34. The molecule has 0 unspecified atom stereocenters. The molecule has 16 heavy (non-hydrogen) atoms. The van der Waals surface area contributed by atoms with E-state index in [2.05, 4.69) is 15.6 Å². The second-order valence-electron chi connectivity index (χ2n) is 4.17. The van der Waals surface area contributed by atoms with Crippen LogP contribution in [0.5, 0.6) is 0 Å². The molecule has 0 aliphatic heterocycles. The van der Waals surface area contributed by atoms with Crippen molar-refractivity contribution < 1.29 is 0 Å². The summed E-state index contributed by atoms with van der Waals surface area (Å²) in [5, 5.41) is 10.4. The van der Waals surface area contributed by atoms with Gasteiger partial charge in [0.2, 0.25) is 0 Å². The predicted octanol–water partition coefficient (Wildman–Crippen LogP) is 3.29. The van der Waals surface area contributed by atoms with Gasteiger partial charge in [0.05, 0.1) is 17.3 Å².